The van der Waals surface area contributed by atoms with Gasteiger partial charge in [0, 0.05) is 6.42 Å². The molecule has 1 atom stereocenters. The van der Waals surface area contributed by atoms with Gasteiger partial charge in [0.25, 0.3) is 0 Å². The maximum Gasteiger partial charge on any atom is 0.196 e. The Morgan fingerprint density at radius 1 is 1.73 bits per heavy atom. The van der Waals surface area contributed by atoms with Crippen molar-refractivity contribution in [2.24, 2.45) is 10.9 Å². The molecule has 0 saturated heterocycles. The molecule has 80 valence electrons. The summed E-state index contributed by atoms with van der Waals surface area (Å²) in [4.78, 5) is 25.2. The first-order valence-electron chi connectivity index (χ1n) is 4.32. The zero-order chi connectivity index (χ0) is 11.4. The van der Waals surface area contributed by atoms with Crippen molar-refractivity contribution in [3.8, 4) is 0 Å². The van der Waals surface area contributed by atoms with Gasteiger partial charge in [0.15, 0.2) is 11.7 Å². The third-order valence-corrected chi connectivity index (χ3v) is 2.02. The minimum absolute atomic E-state index is 0.0154. The van der Waals surface area contributed by atoms with Gasteiger partial charge in [-0.2, -0.15) is 0 Å². The summed E-state index contributed by atoms with van der Waals surface area (Å²) >= 11 is 0. The van der Waals surface area contributed by atoms with Crippen LogP contribution in [0.1, 0.15) is 13.3 Å². The number of allylic oxidation sites excluding steroid dienone is 1. The molecular weight excluding hydrogens is 201 g/mol. The fraction of sp³-hybridized carbons (Fsp3) is 0.400. The average Bonchev–Trinajstić information content (AvgIpc) is 2.18. The summed E-state index contributed by atoms with van der Waals surface area (Å²) in [7, 11) is 1.35. The molecule has 0 bridgehead atoms. The van der Waals surface area contributed by atoms with E-state index in [0.717, 1.165) is 6.20 Å². The number of rotatable bonds is 2. The molecule has 1 aliphatic heterocycles. The summed E-state index contributed by atoms with van der Waals surface area (Å²) in [6, 6.07) is 0. The van der Waals surface area contributed by atoms with E-state index in [1.165, 1.54) is 20.0 Å². The number of nitrogens with zero attached hydrogens (tertiary/aromatic N) is 1. The van der Waals surface area contributed by atoms with E-state index >= 15 is 0 Å². The number of ether oxygens (including phenoxy) is 1. The number of hydrogen-bond acceptors (Lipinski definition) is 4. The van der Waals surface area contributed by atoms with Gasteiger partial charge < -0.3 is 4.74 Å². The molecule has 1 unspecified atom stereocenters. The number of halogens is 1. The van der Waals surface area contributed by atoms with E-state index in [4.69, 9.17) is 4.74 Å². The SMILES string of the molecule is COC1=NC=C(F)C(=C=O)C1CC(C)=O. The lowest BCUT2D eigenvalue weighted by molar-refractivity contribution is -0.117. The van der Waals surface area contributed by atoms with Gasteiger partial charge in [0.1, 0.15) is 11.7 Å². The largest absolute Gasteiger partial charge is 0.484 e. The number of carbonyl (C=O) groups excluding carboxylic acids is 2. The lowest BCUT2D eigenvalue weighted by Crippen LogP contribution is -2.24. The molecule has 0 aromatic rings. The van der Waals surface area contributed by atoms with Crippen LogP contribution in [-0.2, 0) is 14.3 Å². The Hall–Kier alpha value is -1.74. The molecule has 15 heavy (non-hydrogen) atoms. The summed E-state index contributed by atoms with van der Waals surface area (Å²) in [6.07, 6.45) is 0.869. The molecule has 0 aliphatic carbocycles. The van der Waals surface area contributed by atoms with Crippen LogP contribution in [0.2, 0.25) is 0 Å². The second-order valence-corrected chi connectivity index (χ2v) is 3.12. The van der Waals surface area contributed by atoms with Crippen molar-refractivity contribution in [3.63, 3.8) is 0 Å². The molecule has 0 aromatic heterocycles. The zero-order valence-electron chi connectivity index (χ0n) is 8.41. The minimum Gasteiger partial charge on any atom is -0.484 e. The Morgan fingerprint density at radius 2 is 2.40 bits per heavy atom. The van der Waals surface area contributed by atoms with Crippen molar-refractivity contribution in [3.05, 3.63) is 17.6 Å². The quantitative estimate of drug-likeness (QED) is 0.645. The van der Waals surface area contributed by atoms with Gasteiger partial charge >= 0.3 is 0 Å². The summed E-state index contributed by atoms with van der Waals surface area (Å²) < 4.78 is 18.0. The Bertz CT molecular complexity index is 391. The Kier molecular flexibility index (Phi) is 3.52. The van der Waals surface area contributed by atoms with Crippen LogP contribution >= 0.6 is 0 Å². The topological polar surface area (TPSA) is 55.7 Å². The van der Waals surface area contributed by atoms with E-state index in [0.29, 0.717) is 0 Å². The van der Waals surface area contributed by atoms with E-state index in [2.05, 4.69) is 4.99 Å². The van der Waals surface area contributed by atoms with E-state index in [-0.39, 0.29) is 23.7 Å². The number of aliphatic imine (C=N–C) groups is 1. The average molecular weight is 211 g/mol. The number of Topliss-reactive ketones (excluding diaryl/α,β-unsaturated/α-hetero) is 1. The Morgan fingerprint density at radius 3 is 2.87 bits per heavy atom. The molecule has 0 amide bonds. The first-order valence-corrected chi connectivity index (χ1v) is 4.32. The number of hydrogen-bond donors (Lipinski definition) is 0. The molecule has 0 saturated carbocycles. The fourth-order valence-electron chi connectivity index (χ4n) is 1.36. The highest BCUT2D eigenvalue weighted by atomic mass is 19.1. The normalized spacial score (nSPS) is 20.2. The van der Waals surface area contributed by atoms with Crippen LogP contribution in [0.25, 0.3) is 0 Å². The van der Waals surface area contributed by atoms with Crippen molar-refractivity contribution < 1.29 is 18.7 Å². The zero-order valence-corrected chi connectivity index (χ0v) is 8.41. The smallest absolute Gasteiger partial charge is 0.196 e. The lowest BCUT2D eigenvalue weighted by Gasteiger charge is -2.19. The monoisotopic (exact) mass is 211 g/mol. The third kappa shape index (κ3) is 2.39. The van der Waals surface area contributed by atoms with E-state index in [1.807, 2.05) is 0 Å². The van der Waals surface area contributed by atoms with Crippen LogP contribution in [0, 0.1) is 5.92 Å². The molecule has 1 rings (SSSR count). The maximum atomic E-state index is 13.1. The molecule has 0 aromatic carbocycles. The first-order chi connectivity index (χ1) is 7.10. The van der Waals surface area contributed by atoms with Gasteiger partial charge in [-0.25, -0.2) is 14.2 Å². The van der Waals surface area contributed by atoms with E-state index < -0.39 is 11.7 Å². The van der Waals surface area contributed by atoms with Crippen molar-refractivity contribution in [1.29, 1.82) is 0 Å². The van der Waals surface area contributed by atoms with E-state index in [9.17, 15) is 14.0 Å². The third-order valence-electron chi connectivity index (χ3n) is 2.02. The minimum atomic E-state index is -0.767. The standard InChI is InChI=1S/C10H10FNO3/c1-6(14)3-7-8(5-13)9(11)4-12-10(7)15-2/h4,7H,3H2,1-2H3. The van der Waals surface area contributed by atoms with Gasteiger partial charge in [0.2, 0.25) is 0 Å². The summed E-state index contributed by atoms with van der Waals surface area (Å²) in [6.45, 7) is 1.35. The molecule has 4 nitrogen and oxygen atoms in total. The molecule has 5 heteroatoms. The van der Waals surface area contributed by atoms with Gasteiger partial charge in [0.05, 0.1) is 24.8 Å². The van der Waals surface area contributed by atoms with Gasteiger partial charge in [-0.05, 0) is 6.92 Å². The second-order valence-electron chi connectivity index (χ2n) is 3.12. The van der Waals surface area contributed by atoms with Crippen LogP contribution in [-0.4, -0.2) is 24.7 Å². The van der Waals surface area contributed by atoms with Gasteiger partial charge in [-0.3, -0.25) is 4.79 Å². The predicted octanol–water partition coefficient (Wildman–Crippen LogP) is 1.21. The van der Waals surface area contributed by atoms with Gasteiger partial charge in [-0.1, -0.05) is 0 Å². The summed E-state index contributed by atoms with van der Waals surface area (Å²) in [5.74, 6) is -0.0540. The van der Waals surface area contributed by atoms with E-state index in [1.54, 1.807) is 0 Å². The Labute approximate surface area is 86.1 Å². The highest BCUT2D eigenvalue weighted by molar-refractivity contribution is 5.92. The molecule has 0 spiro atoms. The van der Waals surface area contributed by atoms with Crippen LogP contribution < -0.4 is 0 Å². The van der Waals surface area contributed by atoms with Crippen molar-refractivity contribution in [1.82, 2.24) is 0 Å². The predicted molar refractivity (Wildman–Crippen MR) is 51.6 cm³/mol. The highest BCUT2D eigenvalue weighted by Gasteiger charge is 2.30. The first kappa shape index (κ1) is 11.3. The van der Waals surface area contributed by atoms with Crippen molar-refractivity contribution >= 4 is 17.6 Å². The van der Waals surface area contributed by atoms with Crippen LogP contribution in [0.3, 0.4) is 0 Å². The highest BCUT2D eigenvalue weighted by Crippen LogP contribution is 2.27. The van der Waals surface area contributed by atoms with Crippen LogP contribution in [0.4, 0.5) is 4.39 Å². The lowest BCUT2D eigenvalue weighted by atomic mass is 9.92. The number of ketones is 1. The molecule has 1 aliphatic rings. The fourth-order valence-corrected chi connectivity index (χ4v) is 1.36. The summed E-state index contributed by atoms with van der Waals surface area (Å²) in [5.41, 5.74) is -0.211. The Balaban J connectivity index is 3.08. The van der Waals surface area contributed by atoms with Gasteiger partial charge in [-0.15, -0.1) is 0 Å². The molecule has 0 fully saturated rings. The number of carbonyl (C=O) groups is 1. The van der Waals surface area contributed by atoms with Crippen LogP contribution in [0.5, 0.6) is 0 Å². The van der Waals surface area contributed by atoms with Crippen LogP contribution in [0.15, 0.2) is 22.6 Å². The maximum absolute atomic E-state index is 13.1. The second kappa shape index (κ2) is 4.66. The molecular formula is C10H10FNO3. The molecule has 1 heterocycles. The molecule has 0 radical (unpaired) electrons. The van der Waals surface area contributed by atoms with Crippen molar-refractivity contribution in [2.45, 2.75) is 13.3 Å². The molecule has 0 N–H and O–H groups in total. The number of methoxy groups -OCH3 is 1. The summed E-state index contributed by atoms with van der Waals surface area (Å²) in [5, 5.41) is 0. The van der Waals surface area contributed by atoms with Crippen molar-refractivity contribution in [2.75, 3.05) is 7.11 Å².